The van der Waals surface area contributed by atoms with Crippen molar-refractivity contribution in [3.63, 3.8) is 0 Å². The van der Waals surface area contributed by atoms with Gasteiger partial charge in [-0.15, -0.1) is 11.8 Å². The van der Waals surface area contributed by atoms with E-state index in [4.69, 9.17) is 0 Å². The highest BCUT2D eigenvalue weighted by Gasteiger charge is 2.39. The number of rotatable bonds is 16. The zero-order chi connectivity index (χ0) is 31.4. The van der Waals surface area contributed by atoms with Crippen molar-refractivity contribution < 1.29 is 24.9 Å². The number of halogens is 1. The van der Waals surface area contributed by atoms with Crippen LogP contribution in [0.3, 0.4) is 0 Å². The molecule has 1 aliphatic carbocycles. The molecule has 1 aromatic carbocycles. The highest BCUT2D eigenvalue weighted by Crippen LogP contribution is 2.33. The van der Waals surface area contributed by atoms with Crippen molar-refractivity contribution in [3.8, 4) is 5.75 Å². The number of aliphatic hydroxyl groups excluding tert-OH is 2. The van der Waals surface area contributed by atoms with E-state index in [1.165, 1.54) is 5.57 Å². The lowest BCUT2D eigenvalue weighted by Gasteiger charge is -2.17. The number of aromatic nitrogens is 1. The maximum Gasteiger partial charge on any atom is 0.221 e. The molecule has 0 unspecified atom stereocenters. The molecule has 1 aliphatic rings. The zero-order valence-electron chi connectivity index (χ0n) is 25.1. The molecule has 0 radical (unpaired) electrons. The number of aromatic amines is 1. The van der Waals surface area contributed by atoms with Crippen molar-refractivity contribution in [2.75, 3.05) is 19.3 Å². The van der Waals surface area contributed by atoms with Gasteiger partial charge in [0.2, 0.25) is 5.91 Å². The first-order valence-corrected chi connectivity index (χ1v) is 16.7. The summed E-state index contributed by atoms with van der Waals surface area (Å²) in [6, 6.07) is 5.18. The minimum atomic E-state index is -0.751. The molecule has 8 nitrogen and oxygen atoms in total. The molecular weight excluding hydrogens is 630 g/mol. The smallest absolute Gasteiger partial charge is 0.221 e. The Balaban J connectivity index is 1.36. The normalized spacial score (nSPS) is 20.7. The molecule has 1 saturated carbocycles. The number of hydrogen-bond acceptors (Lipinski definition) is 7. The van der Waals surface area contributed by atoms with E-state index in [0.717, 1.165) is 32.3 Å². The minimum Gasteiger partial charge on any atom is -0.508 e. The number of aromatic hydroxyl groups is 1. The lowest BCUT2D eigenvalue weighted by atomic mass is 9.90. The summed E-state index contributed by atoms with van der Waals surface area (Å²) in [6.07, 6.45) is 14.6. The van der Waals surface area contributed by atoms with Gasteiger partial charge in [-0.2, -0.15) is 0 Å². The highest BCUT2D eigenvalue weighted by atomic mass is 79.9. The third-order valence-corrected chi connectivity index (χ3v) is 9.94. The molecule has 43 heavy (non-hydrogen) atoms. The lowest BCUT2D eigenvalue weighted by molar-refractivity contribution is -0.121. The summed E-state index contributed by atoms with van der Waals surface area (Å²) in [4.78, 5) is 27.9. The van der Waals surface area contributed by atoms with Gasteiger partial charge in [0.25, 0.3) is 0 Å². The standard InChI is InChI=1S/C33H44BrN3O5S/c1-21(17-22(2)33(34)43-3)6-7-24(38)8-10-27-26(30(40)19-31(27)41)5-4-14-35-15-13-32(42)36-16-12-23-20-37-29-11-9-25(39)18-28(23)29/h4,8-11,14,17-18,20,24,26-27,31,35,37-39,41H,5-7,12-13,15-16,19H2,1-3H3,(H,36,42)/b10-8+,14-4-,21-17+,33-22-/t24-,26+,27+,31+/m0/s1. The van der Waals surface area contributed by atoms with Crippen LogP contribution >= 0.6 is 27.7 Å². The Kier molecular flexibility index (Phi) is 14.1. The van der Waals surface area contributed by atoms with Gasteiger partial charge in [-0.25, -0.2) is 0 Å². The first-order valence-electron chi connectivity index (χ1n) is 14.7. The van der Waals surface area contributed by atoms with E-state index in [1.54, 1.807) is 42.2 Å². The number of carbonyl (C=O) groups excluding carboxylic acids is 2. The SMILES string of the molecule is CS/C(Br)=C(C)\C=C(/C)CC[C@H](O)/C=C/[C@H]1[C@H](O)CC(=O)[C@@H]1C/C=C\NCCC(=O)NCCc1c[nH]c2ccc(O)cc12. The number of nitrogens with one attached hydrogen (secondary N) is 3. The van der Waals surface area contributed by atoms with Crippen LogP contribution in [0.2, 0.25) is 0 Å². The molecular formula is C33H44BrN3O5S. The number of H-pyrrole nitrogens is 1. The fourth-order valence-corrected chi connectivity index (χ4v) is 5.78. The Hall–Kier alpha value is -2.79. The van der Waals surface area contributed by atoms with Crippen molar-refractivity contribution in [2.45, 2.75) is 64.6 Å². The molecule has 4 atom stereocenters. The predicted octanol–water partition coefficient (Wildman–Crippen LogP) is 5.61. The number of aliphatic hydroxyl groups is 2. The van der Waals surface area contributed by atoms with Crippen LogP contribution in [-0.2, 0) is 16.0 Å². The summed E-state index contributed by atoms with van der Waals surface area (Å²) >= 11 is 5.18. The number of carbonyl (C=O) groups is 2. The summed E-state index contributed by atoms with van der Waals surface area (Å²) in [5.74, 6) is -0.510. The molecule has 3 rings (SSSR count). The van der Waals surface area contributed by atoms with Crippen molar-refractivity contribution in [1.29, 1.82) is 0 Å². The fraction of sp³-hybridized carbons (Fsp3) is 0.455. The number of fused-ring (bicyclic) bond motifs is 1. The number of phenols is 1. The van der Waals surface area contributed by atoms with Crippen LogP contribution in [0.4, 0.5) is 0 Å². The maximum atomic E-state index is 12.5. The monoisotopic (exact) mass is 673 g/mol. The molecule has 1 fully saturated rings. The van der Waals surface area contributed by atoms with Gasteiger partial charge in [-0.05, 0) is 97.3 Å². The van der Waals surface area contributed by atoms with E-state index in [1.807, 2.05) is 38.4 Å². The number of hydrogen-bond donors (Lipinski definition) is 6. The Morgan fingerprint density at radius 2 is 2.05 bits per heavy atom. The predicted molar refractivity (Wildman–Crippen MR) is 179 cm³/mol. The average Bonchev–Trinajstić information content (AvgIpc) is 3.49. The Morgan fingerprint density at radius 1 is 1.26 bits per heavy atom. The van der Waals surface area contributed by atoms with Crippen LogP contribution in [0.5, 0.6) is 5.75 Å². The van der Waals surface area contributed by atoms with Gasteiger partial charge in [0.15, 0.2) is 0 Å². The summed E-state index contributed by atoms with van der Waals surface area (Å²) in [5.41, 5.74) is 4.30. The Bertz CT molecular complexity index is 1370. The molecule has 2 aromatic rings. The first-order chi connectivity index (χ1) is 20.6. The van der Waals surface area contributed by atoms with Crippen LogP contribution in [0.25, 0.3) is 10.9 Å². The molecule has 0 bridgehead atoms. The number of benzene rings is 1. The number of ketones is 1. The largest absolute Gasteiger partial charge is 0.508 e. The van der Waals surface area contributed by atoms with Gasteiger partial charge < -0.3 is 30.9 Å². The fourth-order valence-electron chi connectivity index (χ4n) is 5.28. The van der Waals surface area contributed by atoms with E-state index < -0.39 is 12.2 Å². The van der Waals surface area contributed by atoms with Crippen molar-refractivity contribution in [1.82, 2.24) is 15.6 Å². The van der Waals surface area contributed by atoms with Crippen molar-refractivity contribution >= 4 is 50.3 Å². The molecule has 1 aromatic heterocycles. The molecule has 6 N–H and O–H groups in total. The van der Waals surface area contributed by atoms with Gasteiger partial charge in [0, 0.05) is 54.9 Å². The summed E-state index contributed by atoms with van der Waals surface area (Å²) in [5, 5.41) is 37.6. The van der Waals surface area contributed by atoms with Gasteiger partial charge in [0.05, 0.1) is 16.0 Å². The highest BCUT2D eigenvalue weighted by molar-refractivity contribution is 9.14. The maximum absolute atomic E-state index is 12.5. The summed E-state index contributed by atoms with van der Waals surface area (Å²) < 4.78 is 1.09. The molecule has 1 amide bonds. The van der Waals surface area contributed by atoms with Crippen LogP contribution in [0.15, 0.2) is 69.9 Å². The van der Waals surface area contributed by atoms with Crippen LogP contribution in [0, 0.1) is 11.8 Å². The number of Topliss-reactive ketones (excluding diaryl/α,β-unsaturated/α-hetero) is 1. The van der Waals surface area contributed by atoms with Crippen molar-refractivity contribution in [3.05, 3.63) is 75.4 Å². The van der Waals surface area contributed by atoms with E-state index in [-0.39, 0.29) is 35.7 Å². The Labute approximate surface area is 266 Å². The third-order valence-electron chi connectivity index (χ3n) is 7.66. The average molecular weight is 675 g/mol. The topological polar surface area (TPSA) is 135 Å². The van der Waals surface area contributed by atoms with Gasteiger partial charge >= 0.3 is 0 Å². The first kappa shape index (κ1) is 34.7. The van der Waals surface area contributed by atoms with E-state index >= 15 is 0 Å². The Morgan fingerprint density at radius 3 is 2.81 bits per heavy atom. The van der Waals surface area contributed by atoms with Gasteiger partial charge in [-0.1, -0.05) is 29.9 Å². The molecule has 234 valence electrons. The van der Waals surface area contributed by atoms with Gasteiger partial charge in [0.1, 0.15) is 11.5 Å². The second-order valence-corrected chi connectivity index (χ2v) is 13.2. The van der Waals surface area contributed by atoms with E-state index in [2.05, 4.69) is 37.6 Å². The molecule has 0 aliphatic heterocycles. The number of phenolic OH excluding ortho intramolecular Hbond substituents is 1. The van der Waals surface area contributed by atoms with E-state index in [9.17, 15) is 24.9 Å². The van der Waals surface area contributed by atoms with Gasteiger partial charge in [-0.3, -0.25) is 9.59 Å². The second-order valence-electron chi connectivity index (χ2n) is 11.1. The third kappa shape index (κ3) is 11.0. The van der Waals surface area contributed by atoms with Crippen LogP contribution in [-0.4, -0.2) is 63.5 Å². The number of thioether (sulfide) groups is 1. The summed E-state index contributed by atoms with van der Waals surface area (Å²) in [6.45, 7) is 5.04. The minimum absolute atomic E-state index is 0.0199. The zero-order valence-corrected chi connectivity index (χ0v) is 27.5. The van der Waals surface area contributed by atoms with Crippen LogP contribution in [0.1, 0.15) is 51.5 Å². The number of amides is 1. The summed E-state index contributed by atoms with van der Waals surface area (Å²) in [7, 11) is 0. The van der Waals surface area contributed by atoms with Crippen LogP contribution < -0.4 is 10.6 Å². The molecule has 1 heterocycles. The number of allylic oxidation sites excluding steroid dienone is 4. The van der Waals surface area contributed by atoms with Crippen molar-refractivity contribution in [2.24, 2.45) is 11.8 Å². The molecule has 0 saturated heterocycles. The molecule has 0 spiro atoms. The second kappa shape index (κ2) is 17.5. The lowest BCUT2D eigenvalue weighted by Crippen LogP contribution is -2.28. The quantitative estimate of drug-likeness (QED) is 0.0774. The molecule has 10 heteroatoms. The van der Waals surface area contributed by atoms with E-state index in [0.29, 0.717) is 38.8 Å².